The van der Waals surface area contributed by atoms with Crippen LogP contribution in [0, 0.1) is 0 Å². The Bertz CT molecular complexity index is 804. The molecule has 0 heterocycles. The fraction of sp³-hybridized carbons (Fsp3) is 0.806. The minimum Gasteiger partial charge on any atom is -0.504 e. The van der Waals surface area contributed by atoms with Gasteiger partial charge >= 0.3 is 6.16 Å². The molecule has 0 unspecified atom stereocenters. The number of hydrogen-bond acceptors (Lipinski definition) is 4. The Morgan fingerprint density at radius 2 is 0.878 bits per heavy atom. The van der Waals surface area contributed by atoms with E-state index in [1.54, 1.807) is 0 Å². The Morgan fingerprint density at radius 1 is 0.512 bits per heavy atom. The highest BCUT2D eigenvalue weighted by Gasteiger charge is 2.27. The predicted octanol–water partition coefficient (Wildman–Crippen LogP) is 11.7. The maximum absolute atomic E-state index is 11.7. The number of carboxylic acid groups (broad SMARTS) is 1. The summed E-state index contributed by atoms with van der Waals surface area (Å²) in [6.07, 6.45) is 26.6. The van der Waals surface area contributed by atoms with Gasteiger partial charge in [-0.1, -0.05) is 136 Å². The van der Waals surface area contributed by atoms with Gasteiger partial charge in [0.15, 0.2) is 11.5 Å². The maximum atomic E-state index is 11.7. The third-order valence-corrected chi connectivity index (χ3v) is 8.28. The van der Waals surface area contributed by atoms with Crippen LogP contribution < -0.4 is 9.47 Å². The van der Waals surface area contributed by atoms with Crippen LogP contribution in [0.1, 0.15) is 179 Å². The number of carbonyl (C=O) groups is 1. The molecule has 1 rings (SSSR count). The highest BCUT2D eigenvalue weighted by atomic mass is 16.7. The molecule has 0 aromatic heterocycles. The molecule has 2 N–H and O–H groups in total. The lowest BCUT2D eigenvalue weighted by molar-refractivity contribution is 0.140. The van der Waals surface area contributed by atoms with Crippen LogP contribution >= 0.6 is 0 Å². The molecule has 0 aliphatic rings. The van der Waals surface area contributed by atoms with E-state index in [4.69, 9.17) is 9.47 Å². The molecule has 0 bridgehead atoms. The standard InChI is InChI=1S/C36H64O5/c1-5-9-12-15-18-21-24-27-30-31(28-25-22-19-16-13-10-6-2)33(37)35(41-36(38)39)34(40-8-4)32(30)29-26-23-20-17-14-11-7-3/h37H,5-29H2,1-4H3,(H,38,39). The fourth-order valence-electron chi connectivity index (χ4n) is 5.93. The normalized spacial score (nSPS) is 11.2. The van der Waals surface area contributed by atoms with E-state index in [0.717, 1.165) is 62.5 Å². The monoisotopic (exact) mass is 576 g/mol. The second kappa shape index (κ2) is 24.7. The summed E-state index contributed by atoms with van der Waals surface area (Å²) < 4.78 is 11.3. The van der Waals surface area contributed by atoms with Crippen molar-refractivity contribution in [1.29, 1.82) is 0 Å². The van der Waals surface area contributed by atoms with Crippen LogP contribution in [0.15, 0.2) is 0 Å². The number of phenolic OH excluding ortho intramolecular Hbond substituents is 1. The Balaban J connectivity index is 3.22. The van der Waals surface area contributed by atoms with Gasteiger partial charge in [-0.25, -0.2) is 4.79 Å². The predicted molar refractivity (Wildman–Crippen MR) is 173 cm³/mol. The largest absolute Gasteiger partial charge is 0.511 e. The van der Waals surface area contributed by atoms with Crippen molar-refractivity contribution in [3.8, 4) is 17.2 Å². The molecular formula is C36H64O5. The molecule has 5 heteroatoms. The lowest BCUT2D eigenvalue weighted by Crippen LogP contribution is -2.12. The summed E-state index contributed by atoms with van der Waals surface area (Å²) in [4.78, 5) is 11.7. The van der Waals surface area contributed by atoms with Crippen LogP contribution in [-0.2, 0) is 19.3 Å². The molecule has 238 valence electrons. The second-order valence-electron chi connectivity index (χ2n) is 11.9. The van der Waals surface area contributed by atoms with E-state index in [1.807, 2.05) is 6.92 Å². The molecule has 0 atom stereocenters. The van der Waals surface area contributed by atoms with Crippen molar-refractivity contribution >= 4 is 6.16 Å². The molecule has 0 saturated heterocycles. The molecule has 0 aliphatic carbocycles. The topological polar surface area (TPSA) is 76.0 Å². The first kappa shape index (κ1) is 37.1. The van der Waals surface area contributed by atoms with Gasteiger partial charge in [-0.15, -0.1) is 0 Å². The highest BCUT2D eigenvalue weighted by Crippen LogP contribution is 2.47. The highest BCUT2D eigenvalue weighted by molar-refractivity contribution is 5.70. The zero-order chi connectivity index (χ0) is 30.1. The van der Waals surface area contributed by atoms with Crippen LogP contribution in [0.2, 0.25) is 0 Å². The van der Waals surface area contributed by atoms with Gasteiger partial charge in [0, 0.05) is 11.1 Å². The van der Waals surface area contributed by atoms with Gasteiger partial charge in [0.25, 0.3) is 0 Å². The number of benzene rings is 1. The van der Waals surface area contributed by atoms with Crippen LogP contribution in [0.3, 0.4) is 0 Å². The first-order chi connectivity index (χ1) is 20.0. The molecule has 1 aromatic rings. The average Bonchev–Trinajstić information content (AvgIpc) is 2.95. The summed E-state index contributed by atoms with van der Waals surface area (Å²) in [7, 11) is 0. The Morgan fingerprint density at radius 3 is 1.27 bits per heavy atom. The van der Waals surface area contributed by atoms with E-state index in [2.05, 4.69) is 20.8 Å². The van der Waals surface area contributed by atoms with E-state index in [0.29, 0.717) is 12.4 Å². The molecule has 1 aromatic carbocycles. The fourth-order valence-corrected chi connectivity index (χ4v) is 5.93. The number of rotatable bonds is 27. The maximum Gasteiger partial charge on any atom is 0.511 e. The van der Waals surface area contributed by atoms with Gasteiger partial charge in [0.05, 0.1) is 6.61 Å². The summed E-state index contributed by atoms with van der Waals surface area (Å²) in [6.45, 7) is 9.03. The third-order valence-electron chi connectivity index (χ3n) is 8.28. The molecule has 0 spiro atoms. The Hall–Kier alpha value is -1.91. The zero-order valence-corrected chi connectivity index (χ0v) is 27.3. The third kappa shape index (κ3) is 15.8. The Labute approximate surface area is 252 Å². The van der Waals surface area contributed by atoms with Crippen LogP contribution in [0.25, 0.3) is 0 Å². The number of phenols is 1. The van der Waals surface area contributed by atoms with E-state index in [1.165, 1.54) is 108 Å². The number of unbranched alkanes of at least 4 members (excludes halogenated alkanes) is 18. The molecule has 0 fully saturated rings. The van der Waals surface area contributed by atoms with Crippen molar-refractivity contribution in [2.24, 2.45) is 0 Å². The van der Waals surface area contributed by atoms with Gasteiger partial charge in [-0.3, -0.25) is 0 Å². The quantitative estimate of drug-likeness (QED) is 0.0619. The molecule has 41 heavy (non-hydrogen) atoms. The summed E-state index contributed by atoms with van der Waals surface area (Å²) in [5.74, 6) is 0.418. The second-order valence-corrected chi connectivity index (χ2v) is 11.9. The first-order valence-electron chi connectivity index (χ1n) is 17.4. The summed E-state index contributed by atoms with van der Waals surface area (Å²) in [6, 6.07) is 0. The molecule has 5 nitrogen and oxygen atoms in total. The zero-order valence-electron chi connectivity index (χ0n) is 27.3. The molecule has 0 amide bonds. The Kier molecular flexibility index (Phi) is 22.3. The van der Waals surface area contributed by atoms with E-state index >= 15 is 0 Å². The summed E-state index contributed by atoms with van der Waals surface area (Å²) in [5, 5.41) is 21.0. The molecule has 0 saturated carbocycles. The van der Waals surface area contributed by atoms with Crippen LogP contribution in [0.5, 0.6) is 17.2 Å². The van der Waals surface area contributed by atoms with Crippen molar-refractivity contribution in [1.82, 2.24) is 0 Å². The van der Waals surface area contributed by atoms with Crippen molar-refractivity contribution in [3.63, 3.8) is 0 Å². The SMILES string of the molecule is CCCCCCCCCc1c(O)c(OC(=O)O)c(OCC)c(CCCCCCCCC)c1CCCCCCCCC. The summed E-state index contributed by atoms with van der Waals surface area (Å²) >= 11 is 0. The number of hydrogen-bond donors (Lipinski definition) is 2. The number of ether oxygens (including phenoxy) is 2. The van der Waals surface area contributed by atoms with Crippen molar-refractivity contribution in [2.75, 3.05) is 6.61 Å². The molecule has 0 aliphatic heterocycles. The van der Waals surface area contributed by atoms with Crippen LogP contribution in [-0.4, -0.2) is 23.0 Å². The lowest BCUT2D eigenvalue weighted by Gasteiger charge is -2.23. The van der Waals surface area contributed by atoms with Gasteiger partial charge in [-0.2, -0.15) is 0 Å². The minimum atomic E-state index is -1.41. The molecular weight excluding hydrogens is 512 g/mol. The van der Waals surface area contributed by atoms with Crippen molar-refractivity contribution < 1.29 is 24.5 Å². The lowest BCUT2D eigenvalue weighted by atomic mass is 9.88. The van der Waals surface area contributed by atoms with Gasteiger partial charge < -0.3 is 19.7 Å². The van der Waals surface area contributed by atoms with Gasteiger partial charge in [0.2, 0.25) is 5.75 Å². The first-order valence-corrected chi connectivity index (χ1v) is 17.4. The van der Waals surface area contributed by atoms with E-state index < -0.39 is 6.16 Å². The average molecular weight is 577 g/mol. The summed E-state index contributed by atoms with van der Waals surface area (Å²) in [5.41, 5.74) is 3.15. The van der Waals surface area contributed by atoms with Gasteiger partial charge in [0.1, 0.15) is 0 Å². The van der Waals surface area contributed by atoms with Crippen molar-refractivity contribution in [2.45, 2.75) is 182 Å². The smallest absolute Gasteiger partial charge is 0.504 e. The van der Waals surface area contributed by atoms with E-state index in [-0.39, 0.29) is 11.5 Å². The number of aromatic hydroxyl groups is 1. The van der Waals surface area contributed by atoms with Gasteiger partial charge in [-0.05, 0) is 51.0 Å². The van der Waals surface area contributed by atoms with Crippen molar-refractivity contribution in [3.05, 3.63) is 16.7 Å². The van der Waals surface area contributed by atoms with E-state index in [9.17, 15) is 15.0 Å². The van der Waals surface area contributed by atoms with Crippen LogP contribution in [0.4, 0.5) is 4.79 Å². The molecule has 0 radical (unpaired) electrons. The minimum absolute atomic E-state index is 0.00134.